The minimum atomic E-state index is -3.67. The number of nitrogens with one attached hydrogen (secondary N) is 1. The van der Waals surface area contributed by atoms with E-state index in [4.69, 9.17) is 4.74 Å². The Kier molecular flexibility index (Phi) is 5.43. The van der Waals surface area contributed by atoms with Crippen LogP contribution in [0, 0.1) is 5.41 Å². The maximum absolute atomic E-state index is 12.5. The van der Waals surface area contributed by atoms with E-state index in [1.807, 2.05) is 0 Å². The summed E-state index contributed by atoms with van der Waals surface area (Å²) in [4.78, 5) is 13.6. The molecule has 3 rings (SSSR count). The predicted octanol–water partition coefficient (Wildman–Crippen LogP) is 0.881. The second kappa shape index (κ2) is 7.41. The smallest absolute Gasteiger partial charge is 0.240 e. The molecule has 0 aliphatic carbocycles. The van der Waals surface area contributed by atoms with E-state index in [0.29, 0.717) is 39.0 Å². The summed E-state index contributed by atoms with van der Waals surface area (Å²) < 4.78 is 33.0. The molecule has 25 heavy (non-hydrogen) atoms. The van der Waals surface area contributed by atoms with Crippen molar-refractivity contribution < 1.29 is 23.1 Å². The topological polar surface area (TPSA) is 95.9 Å². The Labute approximate surface area is 148 Å². The molecule has 138 valence electrons. The Hall–Kier alpha value is -1.48. The first-order valence-corrected chi connectivity index (χ1v) is 10.0. The van der Waals surface area contributed by atoms with Crippen LogP contribution in [0.3, 0.4) is 0 Å². The lowest BCUT2D eigenvalue weighted by Crippen LogP contribution is -2.43. The van der Waals surface area contributed by atoms with Gasteiger partial charge in [0.05, 0.1) is 11.5 Å². The first kappa shape index (κ1) is 18.3. The van der Waals surface area contributed by atoms with Crippen molar-refractivity contribution in [2.75, 3.05) is 37.8 Å². The van der Waals surface area contributed by atoms with Crippen LogP contribution in [0.1, 0.15) is 25.7 Å². The maximum Gasteiger partial charge on any atom is 0.240 e. The third kappa shape index (κ3) is 4.03. The van der Waals surface area contributed by atoms with Crippen molar-refractivity contribution in [3.63, 3.8) is 0 Å². The molecule has 0 radical (unpaired) electrons. The van der Waals surface area contributed by atoms with Gasteiger partial charge in [0, 0.05) is 43.8 Å². The van der Waals surface area contributed by atoms with Gasteiger partial charge in [-0.1, -0.05) is 0 Å². The number of rotatable bonds is 6. The van der Waals surface area contributed by atoms with Crippen molar-refractivity contribution in [3.05, 3.63) is 24.3 Å². The molecule has 2 heterocycles. The summed E-state index contributed by atoms with van der Waals surface area (Å²) in [6, 6.07) is 6.35. The highest BCUT2D eigenvalue weighted by Crippen LogP contribution is 2.30. The van der Waals surface area contributed by atoms with Crippen LogP contribution in [0.25, 0.3) is 0 Å². The predicted molar refractivity (Wildman–Crippen MR) is 92.8 cm³/mol. The number of aliphatic hydroxyl groups excluding tert-OH is 1. The van der Waals surface area contributed by atoms with Gasteiger partial charge in [-0.25, -0.2) is 13.1 Å². The van der Waals surface area contributed by atoms with Gasteiger partial charge in [0.1, 0.15) is 0 Å². The second-order valence-electron chi connectivity index (χ2n) is 6.74. The average Bonchev–Trinajstić information content (AvgIpc) is 3.07. The fraction of sp³-hybridized carbons (Fsp3) is 0.588. The number of carbonyl (C=O) groups is 1. The van der Waals surface area contributed by atoms with Crippen molar-refractivity contribution in [1.29, 1.82) is 0 Å². The number of hydrogen-bond acceptors (Lipinski definition) is 5. The zero-order chi connectivity index (χ0) is 17.9. The molecule has 1 aromatic rings. The third-order valence-electron chi connectivity index (χ3n) is 5.06. The number of aliphatic hydroxyl groups is 1. The Morgan fingerprint density at radius 1 is 1.20 bits per heavy atom. The van der Waals surface area contributed by atoms with E-state index in [1.165, 1.54) is 12.1 Å². The summed E-state index contributed by atoms with van der Waals surface area (Å²) >= 11 is 0. The largest absolute Gasteiger partial charge is 0.396 e. The highest BCUT2D eigenvalue weighted by atomic mass is 32.2. The first-order valence-electron chi connectivity index (χ1n) is 8.55. The summed E-state index contributed by atoms with van der Waals surface area (Å²) in [7, 11) is -3.67. The normalized spacial score (nSPS) is 20.8. The van der Waals surface area contributed by atoms with Crippen molar-refractivity contribution >= 4 is 21.6 Å². The van der Waals surface area contributed by atoms with Crippen LogP contribution in [0.15, 0.2) is 29.2 Å². The molecule has 0 unspecified atom stereocenters. The molecule has 2 aliphatic heterocycles. The van der Waals surface area contributed by atoms with Crippen molar-refractivity contribution in [1.82, 2.24) is 4.72 Å². The molecule has 2 N–H and O–H groups in total. The molecule has 2 saturated heterocycles. The molecule has 2 fully saturated rings. The van der Waals surface area contributed by atoms with Gasteiger partial charge < -0.3 is 14.7 Å². The molecular weight excluding hydrogens is 344 g/mol. The number of nitrogens with zero attached hydrogens (tertiary/aromatic N) is 1. The van der Waals surface area contributed by atoms with Crippen LogP contribution >= 0.6 is 0 Å². The number of benzene rings is 1. The number of sulfonamides is 1. The monoisotopic (exact) mass is 368 g/mol. The van der Waals surface area contributed by atoms with Gasteiger partial charge in [-0.15, -0.1) is 0 Å². The lowest BCUT2D eigenvalue weighted by atomic mass is 9.81. The summed E-state index contributed by atoms with van der Waals surface area (Å²) in [5, 5.41) is 9.66. The highest BCUT2D eigenvalue weighted by molar-refractivity contribution is 7.89. The third-order valence-corrected chi connectivity index (χ3v) is 6.48. The SMILES string of the molecule is O=C1CCCN1c1ccc(S(=O)(=O)NCC2(CO)CCOCC2)cc1. The Morgan fingerprint density at radius 3 is 2.44 bits per heavy atom. The zero-order valence-electron chi connectivity index (χ0n) is 14.1. The van der Waals surface area contributed by atoms with E-state index in [-0.39, 0.29) is 24.0 Å². The lowest BCUT2D eigenvalue weighted by molar-refractivity contribution is -0.117. The van der Waals surface area contributed by atoms with E-state index in [2.05, 4.69) is 4.72 Å². The molecule has 2 aliphatic rings. The fourth-order valence-corrected chi connectivity index (χ4v) is 4.41. The molecule has 0 saturated carbocycles. The van der Waals surface area contributed by atoms with E-state index in [1.54, 1.807) is 17.0 Å². The van der Waals surface area contributed by atoms with E-state index < -0.39 is 15.4 Å². The van der Waals surface area contributed by atoms with Crippen LogP contribution in [-0.2, 0) is 19.6 Å². The highest BCUT2D eigenvalue weighted by Gasteiger charge is 2.33. The average molecular weight is 368 g/mol. The first-order chi connectivity index (χ1) is 12.0. The van der Waals surface area contributed by atoms with E-state index in [9.17, 15) is 18.3 Å². The van der Waals surface area contributed by atoms with Crippen LogP contribution in [-0.4, -0.2) is 52.3 Å². The van der Waals surface area contributed by atoms with Crippen molar-refractivity contribution in [2.24, 2.45) is 5.41 Å². The lowest BCUT2D eigenvalue weighted by Gasteiger charge is -2.35. The minimum absolute atomic E-state index is 0.0677. The second-order valence-corrected chi connectivity index (χ2v) is 8.50. The molecule has 0 aromatic heterocycles. The zero-order valence-corrected chi connectivity index (χ0v) is 14.9. The van der Waals surface area contributed by atoms with Gasteiger partial charge in [-0.05, 0) is 43.5 Å². The molecule has 1 aromatic carbocycles. The molecule has 0 spiro atoms. The van der Waals surface area contributed by atoms with Gasteiger partial charge in [0.25, 0.3) is 0 Å². The summed E-state index contributed by atoms with van der Waals surface area (Å²) in [5.41, 5.74) is 0.255. The summed E-state index contributed by atoms with van der Waals surface area (Å²) in [6.07, 6.45) is 2.62. The van der Waals surface area contributed by atoms with Gasteiger partial charge >= 0.3 is 0 Å². The number of amides is 1. The standard InChI is InChI=1S/C17H24N2O5S/c20-13-17(7-10-24-11-8-17)12-18-25(22,23)15-5-3-14(4-6-15)19-9-1-2-16(19)21/h3-6,18,20H,1-2,7-13H2. The number of carbonyl (C=O) groups excluding carboxylic acids is 1. The molecule has 8 heteroatoms. The van der Waals surface area contributed by atoms with Gasteiger partial charge in [-0.2, -0.15) is 0 Å². The Morgan fingerprint density at radius 2 is 1.88 bits per heavy atom. The van der Waals surface area contributed by atoms with Gasteiger partial charge in [0.2, 0.25) is 15.9 Å². The van der Waals surface area contributed by atoms with Gasteiger partial charge in [0.15, 0.2) is 0 Å². The molecular formula is C17H24N2O5S. The fourth-order valence-electron chi connectivity index (χ4n) is 3.25. The van der Waals surface area contributed by atoms with Gasteiger partial charge in [-0.3, -0.25) is 4.79 Å². The van der Waals surface area contributed by atoms with Crippen molar-refractivity contribution in [2.45, 2.75) is 30.6 Å². The molecule has 1 amide bonds. The number of ether oxygens (including phenoxy) is 1. The maximum atomic E-state index is 12.5. The minimum Gasteiger partial charge on any atom is -0.396 e. The van der Waals surface area contributed by atoms with E-state index in [0.717, 1.165) is 12.1 Å². The Bertz CT molecular complexity index is 711. The van der Waals surface area contributed by atoms with Crippen LogP contribution in [0.4, 0.5) is 5.69 Å². The quantitative estimate of drug-likeness (QED) is 0.777. The van der Waals surface area contributed by atoms with Crippen LogP contribution in [0.5, 0.6) is 0 Å². The summed E-state index contributed by atoms with van der Waals surface area (Å²) in [6.45, 7) is 1.84. The van der Waals surface area contributed by atoms with Crippen molar-refractivity contribution in [3.8, 4) is 0 Å². The number of hydrogen-bond donors (Lipinski definition) is 2. The van der Waals surface area contributed by atoms with E-state index >= 15 is 0 Å². The molecule has 7 nitrogen and oxygen atoms in total. The van der Waals surface area contributed by atoms with Crippen LogP contribution < -0.4 is 9.62 Å². The van der Waals surface area contributed by atoms with Crippen LogP contribution in [0.2, 0.25) is 0 Å². The summed E-state index contributed by atoms with van der Waals surface area (Å²) in [5.74, 6) is 0.0677. The molecule has 0 atom stereocenters. The number of anilines is 1. The molecule has 0 bridgehead atoms. The Balaban J connectivity index is 1.68.